The average Bonchev–Trinajstić information content (AvgIpc) is 2.49. The predicted molar refractivity (Wildman–Crippen MR) is 81.8 cm³/mol. The summed E-state index contributed by atoms with van der Waals surface area (Å²) in [5.41, 5.74) is 3.56. The van der Waals surface area contributed by atoms with Crippen LogP contribution in [0.3, 0.4) is 0 Å². The predicted octanol–water partition coefficient (Wildman–Crippen LogP) is 3.61. The maximum absolute atomic E-state index is 12.1. The second-order valence-corrected chi connectivity index (χ2v) is 5.16. The van der Waals surface area contributed by atoms with E-state index >= 15 is 0 Å². The fourth-order valence-electron chi connectivity index (χ4n) is 2.46. The maximum Gasteiger partial charge on any atom is 0.339 e. The number of aryl methyl sites for hydroxylation is 1. The van der Waals surface area contributed by atoms with Gasteiger partial charge in [0.25, 0.3) is 0 Å². The highest BCUT2D eigenvalue weighted by molar-refractivity contribution is 6.04. The summed E-state index contributed by atoms with van der Waals surface area (Å²) in [5, 5.41) is 0. The van der Waals surface area contributed by atoms with Crippen LogP contribution < -0.4 is 0 Å². The molecule has 0 amide bonds. The Hall–Kier alpha value is -1.84. The molecular formula is C17H24O4. The molecule has 0 saturated heterocycles. The molecule has 0 saturated carbocycles. The molecule has 1 aromatic rings. The lowest BCUT2D eigenvalue weighted by atomic mass is 9.89. The van der Waals surface area contributed by atoms with Gasteiger partial charge in [0.2, 0.25) is 0 Å². The van der Waals surface area contributed by atoms with Gasteiger partial charge in [-0.25, -0.2) is 9.59 Å². The van der Waals surface area contributed by atoms with Gasteiger partial charge in [0.1, 0.15) is 0 Å². The molecular weight excluding hydrogens is 268 g/mol. The first-order valence-electron chi connectivity index (χ1n) is 7.27. The van der Waals surface area contributed by atoms with E-state index in [1.54, 1.807) is 6.07 Å². The van der Waals surface area contributed by atoms with Gasteiger partial charge in [-0.2, -0.15) is 0 Å². The number of unbranched alkanes of at least 4 members (excludes halogenated alkanes) is 2. The number of carbonyl (C=O) groups excluding carboxylic acids is 2. The Morgan fingerprint density at radius 3 is 2.19 bits per heavy atom. The van der Waals surface area contributed by atoms with E-state index in [1.807, 2.05) is 13.8 Å². The first-order valence-corrected chi connectivity index (χ1v) is 7.27. The van der Waals surface area contributed by atoms with Crippen molar-refractivity contribution in [2.24, 2.45) is 0 Å². The topological polar surface area (TPSA) is 52.6 Å². The second-order valence-electron chi connectivity index (χ2n) is 5.16. The van der Waals surface area contributed by atoms with Crippen molar-refractivity contribution in [3.8, 4) is 0 Å². The summed E-state index contributed by atoms with van der Waals surface area (Å²) in [6.07, 6.45) is 3.92. The quantitative estimate of drug-likeness (QED) is 0.593. The van der Waals surface area contributed by atoms with Gasteiger partial charge in [0.05, 0.1) is 25.3 Å². The smallest absolute Gasteiger partial charge is 0.339 e. The van der Waals surface area contributed by atoms with Gasteiger partial charge >= 0.3 is 11.9 Å². The van der Waals surface area contributed by atoms with Gasteiger partial charge in [0, 0.05) is 0 Å². The third-order valence-electron chi connectivity index (χ3n) is 3.80. The first kappa shape index (κ1) is 17.2. The Kier molecular flexibility index (Phi) is 6.40. The monoisotopic (exact) mass is 292 g/mol. The van der Waals surface area contributed by atoms with Crippen molar-refractivity contribution >= 4 is 11.9 Å². The molecule has 116 valence electrons. The standard InChI is InChI=1S/C17H24O4/c1-6-7-8-9-13-12(3)11(2)10-14(16(18)20-4)15(13)17(19)21-5/h10H,6-9H2,1-5H3. The highest BCUT2D eigenvalue weighted by Gasteiger charge is 2.24. The summed E-state index contributed by atoms with van der Waals surface area (Å²) < 4.78 is 9.67. The molecule has 0 aromatic heterocycles. The summed E-state index contributed by atoms with van der Waals surface area (Å²) >= 11 is 0. The van der Waals surface area contributed by atoms with Crippen LogP contribution in [0, 0.1) is 13.8 Å². The van der Waals surface area contributed by atoms with Crippen LogP contribution in [0.2, 0.25) is 0 Å². The fourth-order valence-corrected chi connectivity index (χ4v) is 2.46. The fraction of sp³-hybridized carbons (Fsp3) is 0.529. The minimum atomic E-state index is -0.504. The van der Waals surface area contributed by atoms with E-state index in [9.17, 15) is 9.59 Å². The molecule has 0 spiro atoms. The summed E-state index contributed by atoms with van der Waals surface area (Å²) in [4.78, 5) is 24.1. The molecule has 0 atom stereocenters. The Labute approximate surface area is 126 Å². The molecule has 0 heterocycles. The van der Waals surface area contributed by atoms with Crippen molar-refractivity contribution in [3.05, 3.63) is 33.9 Å². The SMILES string of the molecule is CCCCCc1c(C)c(C)cc(C(=O)OC)c1C(=O)OC. The number of hydrogen-bond donors (Lipinski definition) is 0. The highest BCUT2D eigenvalue weighted by atomic mass is 16.5. The van der Waals surface area contributed by atoms with Gasteiger partial charge in [-0.05, 0) is 49.4 Å². The van der Waals surface area contributed by atoms with Crippen LogP contribution in [0.1, 0.15) is 63.6 Å². The normalized spacial score (nSPS) is 10.3. The number of methoxy groups -OCH3 is 2. The Morgan fingerprint density at radius 1 is 1.05 bits per heavy atom. The summed E-state index contributed by atoms with van der Waals surface area (Å²) in [6, 6.07) is 1.71. The molecule has 0 unspecified atom stereocenters. The number of carbonyl (C=O) groups is 2. The van der Waals surface area contributed by atoms with Crippen molar-refractivity contribution < 1.29 is 19.1 Å². The molecule has 1 rings (SSSR count). The molecule has 4 nitrogen and oxygen atoms in total. The third kappa shape index (κ3) is 3.84. The summed E-state index contributed by atoms with van der Waals surface area (Å²) in [5.74, 6) is -0.986. The second kappa shape index (κ2) is 7.81. The van der Waals surface area contributed by atoms with Gasteiger partial charge in [-0.1, -0.05) is 19.8 Å². The number of rotatable bonds is 6. The summed E-state index contributed by atoms with van der Waals surface area (Å²) in [7, 11) is 2.64. The third-order valence-corrected chi connectivity index (χ3v) is 3.80. The molecule has 0 bridgehead atoms. The van der Waals surface area contributed by atoms with E-state index in [0.717, 1.165) is 42.4 Å². The van der Waals surface area contributed by atoms with Gasteiger partial charge < -0.3 is 9.47 Å². The zero-order valence-electron chi connectivity index (χ0n) is 13.5. The number of benzene rings is 1. The van der Waals surface area contributed by atoms with Crippen LogP contribution in [-0.2, 0) is 15.9 Å². The van der Waals surface area contributed by atoms with Crippen molar-refractivity contribution in [1.29, 1.82) is 0 Å². The van der Waals surface area contributed by atoms with E-state index in [-0.39, 0.29) is 0 Å². The number of esters is 2. The zero-order valence-corrected chi connectivity index (χ0v) is 13.5. The molecule has 1 aromatic carbocycles. The van der Waals surface area contributed by atoms with Crippen molar-refractivity contribution in [1.82, 2.24) is 0 Å². The van der Waals surface area contributed by atoms with Crippen molar-refractivity contribution in [3.63, 3.8) is 0 Å². The molecule has 0 aliphatic carbocycles. The molecule has 0 N–H and O–H groups in total. The Balaban J connectivity index is 3.45. The largest absolute Gasteiger partial charge is 0.465 e. The zero-order chi connectivity index (χ0) is 16.0. The molecule has 0 fully saturated rings. The van der Waals surface area contributed by atoms with Gasteiger partial charge in [-0.15, -0.1) is 0 Å². The van der Waals surface area contributed by atoms with Crippen LogP contribution in [0.5, 0.6) is 0 Å². The van der Waals surface area contributed by atoms with E-state index < -0.39 is 11.9 Å². The first-order chi connectivity index (χ1) is 9.97. The van der Waals surface area contributed by atoms with Crippen molar-refractivity contribution in [2.75, 3.05) is 14.2 Å². The lowest BCUT2D eigenvalue weighted by molar-refractivity contribution is 0.0554. The molecule has 4 heteroatoms. The highest BCUT2D eigenvalue weighted by Crippen LogP contribution is 2.26. The number of hydrogen-bond acceptors (Lipinski definition) is 4. The van der Waals surface area contributed by atoms with Crippen LogP contribution in [-0.4, -0.2) is 26.2 Å². The van der Waals surface area contributed by atoms with Crippen LogP contribution >= 0.6 is 0 Å². The molecule has 0 radical (unpaired) electrons. The lowest BCUT2D eigenvalue weighted by Gasteiger charge is -2.17. The van der Waals surface area contributed by atoms with E-state index in [1.165, 1.54) is 14.2 Å². The van der Waals surface area contributed by atoms with Crippen LogP contribution in [0.25, 0.3) is 0 Å². The molecule has 0 aliphatic rings. The van der Waals surface area contributed by atoms with Gasteiger partial charge in [0.15, 0.2) is 0 Å². The maximum atomic E-state index is 12.1. The van der Waals surface area contributed by atoms with E-state index in [4.69, 9.17) is 9.47 Å². The average molecular weight is 292 g/mol. The Bertz CT molecular complexity index is 532. The van der Waals surface area contributed by atoms with Crippen LogP contribution in [0.15, 0.2) is 6.07 Å². The minimum Gasteiger partial charge on any atom is -0.465 e. The minimum absolute atomic E-state index is 0.291. The van der Waals surface area contributed by atoms with Crippen LogP contribution in [0.4, 0.5) is 0 Å². The summed E-state index contributed by atoms with van der Waals surface area (Å²) in [6.45, 7) is 6.04. The van der Waals surface area contributed by atoms with Crippen molar-refractivity contribution in [2.45, 2.75) is 46.5 Å². The lowest BCUT2D eigenvalue weighted by Crippen LogP contribution is -2.17. The van der Waals surface area contributed by atoms with E-state index in [2.05, 4.69) is 6.92 Å². The molecule has 0 aliphatic heterocycles. The number of ether oxygens (including phenoxy) is 2. The van der Waals surface area contributed by atoms with Gasteiger partial charge in [-0.3, -0.25) is 0 Å². The Morgan fingerprint density at radius 2 is 1.67 bits per heavy atom. The molecule has 21 heavy (non-hydrogen) atoms. The van der Waals surface area contributed by atoms with E-state index in [0.29, 0.717) is 11.1 Å².